The second-order valence-electron chi connectivity index (χ2n) is 4.93. The van der Waals surface area contributed by atoms with Crippen molar-refractivity contribution in [2.75, 3.05) is 19.5 Å². The van der Waals surface area contributed by atoms with Crippen LogP contribution in [0.1, 0.15) is 18.5 Å². The van der Waals surface area contributed by atoms with Gasteiger partial charge in [0.1, 0.15) is 11.5 Å². The minimum Gasteiger partial charge on any atom is -0.497 e. The summed E-state index contributed by atoms with van der Waals surface area (Å²) in [5.41, 5.74) is 1.84. The molecule has 2 N–H and O–H groups in total. The van der Waals surface area contributed by atoms with Crippen LogP contribution >= 0.6 is 23.8 Å². The van der Waals surface area contributed by atoms with Crippen LogP contribution in [0.2, 0.25) is 5.02 Å². The van der Waals surface area contributed by atoms with Gasteiger partial charge in [0, 0.05) is 16.3 Å². The quantitative estimate of drug-likeness (QED) is 0.782. The number of hydrogen-bond donors (Lipinski definition) is 2. The third kappa shape index (κ3) is 4.74. The SMILES string of the molecule is COc1ccc(OC)c([C@@H](C)NC(=S)Nc2ccc(Cl)cc2)c1. The van der Waals surface area contributed by atoms with Crippen molar-refractivity contribution in [3.8, 4) is 11.5 Å². The lowest BCUT2D eigenvalue weighted by atomic mass is 10.1. The Balaban J connectivity index is 2.07. The van der Waals surface area contributed by atoms with Crippen molar-refractivity contribution in [3.63, 3.8) is 0 Å². The molecular weight excluding hydrogens is 332 g/mol. The molecular formula is C17H19ClN2O2S. The van der Waals surface area contributed by atoms with Gasteiger partial charge in [0.15, 0.2) is 5.11 Å². The molecule has 0 spiro atoms. The highest BCUT2D eigenvalue weighted by molar-refractivity contribution is 7.80. The van der Waals surface area contributed by atoms with Gasteiger partial charge in [-0.25, -0.2) is 0 Å². The molecule has 0 aromatic heterocycles. The molecule has 0 amide bonds. The Bertz CT molecular complexity index is 677. The van der Waals surface area contributed by atoms with Gasteiger partial charge in [-0.1, -0.05) is 11.6 Å². The van der Waals surface area contributed by atoms with E-state index >= 15 is 0 Å². The van der Waals surface area contributed by atoms with E-state index in [1.807, 2.05) is 37.3 Å². The lowest BCUT2D eigenvalue weighted by molar-refractivity contribution is 0.395. The normalized spacial score (nSPS) is 11.5. The van der Waals surface area contributed by atoms with Crippen LogP contribution in [0.3, 0.4) is 0 Å². The van der Waals surface area contributed by atoms with E-state index in [9.17, 15) is 0 Å². The number of halogens is 1. The Morgan fingerprint density at radius 3 is 2.39 bits per heavy atom. The molecule has 122 valence electrons. The van der Waals surface area contributed by atoms with Crippen LogP contribution in [0, 0.1) is 0 Å². The van der Waals surface area contributed by atoms with E-state index in [4.69, 9.17) is 33.3 Å². The van der Waals surface area contributed by atoms with Crippen LogP contribution in [-0.2, 0) is 0 Å². The van der Waals surface area contributed by atoms with E-state index in [-0.39, 0.29) is 6.04 Å². The van der Waals surface area contributed by atoms with Gasteiger partial charge in [0.05, 0.1) is 20.3 Å². The summed E-state index contributed by atoms with van der Waals surface area (Å²) in [6.45, 7) is 2.01. The number of nitrogens with one attached hydrogen (secondary N) is 2. The average molecular weight is 351 g/mol. The minimum atomic E-state index is -0.0487. The molecule has 2 rings (SSSR count). The molecule has 0 unspecified atom stereocenters. The van der Waals surface area contributed by atoms with Gasteiger partial charge in [-0.2, -0.15) is 0 Å². The summed E-state index contributed by atoms with van der Waals surface area (Å²) in [6, 6.07) is 13.0. The fraction of sp³-hybridized carbons (Fsp3) is 0.235. The number of benzene rings is 2. The number of hydrogen-bond acceptors (Lipinski definition) is 3. The molecule has 0 bridgehead atoms. The second kappa shape index (κ2) is 8.04. The van der Waals surface area contributed by atoms with Crippen molar-refractivity contribution >= 4 is 34.6 Å². The van der Waals surface area contributed by atoms with Crippen molar-refractivity contribution in [2.24, 2.45) is 0 Å². The first kappa shape index (κ1) is 17.4. The van der Waals surface area contributed by atoms with E-state index in [1.54, 1.807) is 26.4 Å². The van der Waals surface area contributed by atoms with Crippen LogP contribution in [0.25, 0.3) is 0 Å². The Kier molecular flexibility index (Phi) is 6.07. The predicted molar refractivity (Wildman–Crippen MR) is 98.8 cm³/mol. The van der Waals surface area contributed by atoms with Crippen molar-refractivity contribution in [2.45, 2.75) is 13.0 Å². The first-order valence-electron chi connectivity index (χ1n) is 7.08. The number of methoxy groups -OCH3 is 2. The first-order valence-corrected chi connectivity index (χ1v) is 7.87. The van der Waals surface area contributed by atoms with Gasteiger partial charge >= 0.3 is 0 Å². The third-order valence-electron chi connectivity index (χ3n) is 3.35. The van der Waals surface area contributed by atoms with Crippen molar-refractivity contribution < 1.29 is 9.47 Å². The topological polar surface area (TPSA) is 42.5 Å². The Morgan fingerprint density at radius 1 is 1.09 bits per heavy atom. The van der Waals surface area contributed by atoms with Crippen LogP contribution in [-0.4, -0.2) is 19.3 Å². The first-order chi connectivity index (χ1) is 11.0. The Labute approximate surface area is 146 Å². The zero-order valence-corrected chi connectivity index (χ0v) is 14.8. The number of thiocarbonyl (C=S) groups is 1. The van der Waals surface area contributed by atoms with Gasteiger partial charge < -0.3 is 20.1 Å². The highest BCUT2D eigenvalue weighted by atomic mass is 35.5. The summed E-state index contributed by atoms with van der Waals surface area (Å²) >= 11 is 11.2. The van der Waals surface area contributed by atoms with Gasteiger partial charge in [-0.05, 0) is 61.6 Å². The molecule has 6 heteroatoms. The molecule has 1 atom stereocenters. The number of rotatable bonds is 5. The van der Waals surface area contributed by atoms with Crippen LogP contribution in [0.15, 0.2) is 42.5 Å². The van der Waals surface area contributed by atoms with Gasteiger partial charge in [0.25, 0.3) is 0 Å². The number of ether oxygens (including phenoxy) is 2. The fourth-order valence-electron chi connectivity index (χ4n) is 2.15. The molecule has 0 heterocycles. The maximum absolute atomic E-state index is 5.87. The van der Waals surface area contributed by atoms with E-state index in [2.05, 4.69) is 10.6 Å². The van der Waals surface area contributed by atoms with Crippen molar-refractivity contribution in [1.82, 2.24) is 5.32 Å². The van der Waals surface area contributed by atoms with Crippen LogP contribution < -0.4 is 20.1 Å². The molecule has 0 saturated heterocycles. The molecule has 0 aliphatic rings. The van der Waals surface area contributed by atoms with E-state index in [0.717, 1.165) is 22.7 Å². The molecule has 0 saturated carbocycles. The summed E-state index contributed by atoms with van der Waals surface area (Å²) in [5, 5.41) is 7.56. The monoisotopic (exact) mass is 350 g/mol. The summed E-state index contributed by atoms with van der Waals surface area (Å²) in [4.78, 5) is 0. The lowest BCUT2D eigenvalue weighted by Crippen LogP contribution is -2.31. The molecule has 0 radical (unpaired) electrons. The standard InChI is InChI=1S/C17H19ClN2O2S/c1-11(15-10-14(21-2)8-9-16(15)22-3)19-17(23)20-13-6-4-12(18)5-7-13/h4-11H,1-3H3,(H2,19,20,23)/t11-/m1/s1. The number of anilines is 1. The van der Waals surface area contributed by atoms with Gasteiger partial charge in [-0.15, -0.1) is 0 Å². The Morgan fingerprint density at radius 2 is 1.78 bits per heavy atom. The van der Waals surface area contributed by atoms with Gasteiger partial charge in [-0.3, -0.25) is 0 Å². The van der Waals surface area contributed by atoms with Crippen molar-refractivity contribution in [1.29, 1.82) is 0 Å². The molecule has 2 aromatic carbocycles. The van der Waals surface area contributed by atoms with E-state index in [0.29, 0.717) is 10.1 Å². The minimum absolute atomic E-state index is 0.0487. The second-order valence-corrected chi connectivity index (χ2v) is 5.78. The third-order valence-corrected chi connectivity index (χ3v) is 3.82. The van der Waals surface area contributed by atoms with Crippen molar-refractivity contribution in [3.05, 3.63) is 53.1 Å². The molecule has 0 aliphatic heterocycles. The highest BCUT2D eigenvalue weighted by Gasteiger charge is 2.14. The van der Waals surface area contributed by atoms with Crippen LogP contribution in [0.5, 0.6) is 11.5 Å². The smallest absolute Gasteiger partial charge is 0.171 e. The summed E-state index contributed by atoms with van der Waals surface area (Å²) in [7, 11) is 3.28. The van der Waals surface area contributed by atoms with Crippen LogP contribution in [0.4, 0.5) is 5.69 Å². The zero-order chi connectivity index (χ0) is 16.8. The summed E-state index contributed by atoms with van der Waals surface area (Å²) in [6.07, 6.45) is 0. The maximum atomic E-state index is 5.87. The largest absolute Gasteiger partial charge is 0.497 e. The highest BCUT2D eigenvalue weighted by Crippen LogP contribution is 2.29. The predicted octanol–water partition coefficient (Wildman–Crippen LogP) is 4.40. The lowest BCUT2D eigenvalue weighted by Gasteiger charge is -2.20. The fourth-order valence-corrected chi connectivity index (χ4v) is 2.57. The molecule has 4 nitrogen and oxygen atoms in total. The molecule has 0 fully saturated rings. The van der Waals surface area contributed by atoms with E-state index in [1.165, 1.54) is 0 Å². The average Bonchev–Trinajstić information content (AvgIpc) is 2.56. The summed E-state index contributed by atoms with van der Waals surface area (Å²) < 4.78 is 10.7. The maximum Gasteiger partial charge on any atom is 0.171 e. The van der Waals surface area contributed by atoms with Gasteiger partial charge in [0.2, 0.25) is 0 Å². The molecule has 23 heavy (non-hydrogen) atoms. The Hall–Kier alpha value is -1.98. The van der Waals surface area contributed by atoms with E-state index < -0.39 is 0 Å². The zero-order valence-electron chi connectivity index (χ0n) is 13.2. The molecule has 2 aromatic rings. The summed E-state index contributed by atoms with van der Waals surface area (Å²) in [5.74, 6) is 1.55. The molecule has 0 aliphatic carbocycles.